The lowest BCUT2D eigenvalue weighted by atomic mass is 9.45. The molecule has 11 heteroatoms. The van der Waals surface area contributed by atoms with E-state index >= 15 is 0 Å². The zero-order valence-corrected chi connectivity index (χ0v) is 35.5. The van der Waals surface area contributed by atoms with E-state index in [0.29, 0.717) is 29.1 Å². The summed E-state index contributed by atoms with van der Waals surface area (Å²) in [6, 6.07) is 10.9. The van der Waals surface area contributed by atoms with Gasteiger partial charge in [-0.05, 0) is 99.0 Å². The van der Waals surface area contributed by atoms with Crippen LogP contribution in [0.25, 0.3) is 11.1 Å². The number of amides is 2. The molecule has 0 unspecified atom stereocenters. The fourth-order valence-corrected chi connectivity index (χ4v) is 9.51. The van der Waals surface area contributed by atoms with E-state index in [9.17, 15) is 19.8 Å². The number of carbonyl (C=O) groups is 2. The number of anilines is 1. The predicted octanol–water partition coefficient (Wildman–Crippen LogP) is 5.58. The molecule has 1 saturated heterocycles. The number of fused-ring (bicyclic) bond motifs is 2. The number of carbonyl (C=O) groups excluding carboxylic acids is 2. The fraction of sp³-hybridized carbons (Fsp3) is 0.682. The number of para-hydroxylation sites is 1. The van der Waals surface area contributed by atoms with Gasteiger partial charge >= 0.3 is 0 Å². The summed E-state index contributed by atoms with van der Waals surface area (Å²) in [4.78, 5) is 38.6. The topological polar surface area (TPSA) is 127 Å². The van der Waals surface area contributed by atoms with Crippen LogP contribution in [-0.4, -0.2) is 111 Å². The molecular formula is C44H69N5O6. The minimum atomic E-state index is -0.897. The second kappa shape index (κ2) is 17.1. The van der Waals surface area contributed by atoms with Gasteiger partial charge in [-0.2, -0.15) is 5.06 Å². The van der Waals surface area contributed by atoms with Crippen LogP contribution >= 0.6 is 0 Å². The zero-order valence-electron chi connectivity index (χ0n) is 35.5. The van der Waals surface area contributed by atoms with Crippen LogP contribution < -0.4 is 20.3 Å². The van der Waals surface area contributed by atoms with Crippen LogP contribution in [-0.2, 0) is 16.2 Å². The molecule has 55 heavy (non-hydrogen) atoms. The SMILES string of the molecule is COc1c(CN2O[C@@H](CO)[C@@H]([C@H](C)O)[C@H]2C(=O)N[C@H]2C[C@H]3C[C@@H]([C@@H]2C)C3(C)C)cccc1-c1cc(C(=O)N[C@@H](CCC(C)(C)C)CN(C)C)cc(N(C)C)c1. The average Bonchev–Trinajstić information content (AvgIpc) is 3.49. The van der Waals surface area contributed by atoms with Crippen molar-refractivity contribution in [3.8, 4) is 16.9 Å². The standard InChI is InChI=1S/C44H69N5O6/c1-26-35-21-31(44(35,6)7)22-36(26)46-42(53)39-38(27(2)51)37(25-50)55-49(39)23-28-14-13-15-34(40(28)54-12)29-18-30(20-33(19-29)48(10)11)41(52)45-32(24-47(8)9)16-17-43(3,4)5/h13-15,18-20,26-27,31-32,35-39,50-51H,16-17,21-25H2,1-12H3,(H,45,52)(H,46,53)/t26-,27-,31+,32-,35-,36-,37-,38+,39-/m0/s1. The molecule has 4 N–H and O–H groups in total. The zero-order chi connectivity index (χ0) is 40.6. The van der Waals surface area contributed by atoms with E-state index < -0.39 is 24.2 Å². The molecule has 0 radical (unpaired) electrons. The van der Waals surface area contributed by atoms with Gasteiger partial charge in [0.25, 0.3) is 5.91 Å². The Kier molecular flexibility index (Phi) is 13.3. The summed E-state index contributed by atoms with van der Waals surface area (Å²) in [5.41, 5.74) is 4.23. The van der Waals surface area contributed by atoms with Gasteiger partial charge in [0.15, 0.2) is 0 Å². The number of nitrogens with one attached hydrogen (secondary N) is 2. The number of hydroxylamine groups is 2. The van der Waals surface area contributed by atoms with Crippen molar-refractivity contribution in [2.75, 3.05) is 53.4 Å². The molecule has 0 aromatic heterocycles. The molecule has 4 fully saturated rings. The number of aliphatic hydroxyl groups is 2. The summed E-state index contributed by atoms with van der Waals surface area (Å²) in [6.07, 6.45) is 2.34. The molecule has 2 aromatic rings. The van der Waals surface area contributed by atoms with E-state index in [1.807, 2.05) is 69.5 Å². The van der Waals surface area contributed by atoms with Crippen LogP contribution in [0.1, 0.15) is 90.1 Å². The number of nitrogens with zero attached hydrogens (tertiary/aromatic N) is 3. The van der Waals surface area contributed by atoms with E-state index in [1.165, 1.54) is 6.42 Å². The Hall–Kier alpha value is -3.22. The molecule has 4 aliphatic rings. The third kappa shape index (κ3) is 9.50. The number of methoxy groups -OCH3 is 1. The lowest BCUT2D eigenvalue weighted by Gasteiger charge is -2.62. The molecule has 306 valence electrons. The molecule has 2 aromatic carbocycles. The second-order valence-electron chi connectivity index (χ2n) is 18.9. The Morgan fingerprint density at radius 1 is 1.11 bits per heavy atom. The first-order valence-electron chi connectivity index (χ1n) is 20.2. The Morgan fingerprint density at radius 3 is 2.38 bits per heavy atom. The van der Waals surface area contributed by atoms with E-state index in [4.69, 9.17) is 9.57 Å². The Labute approximate surface area is 330 Å². The van der Waals surface area contributed by atoms with E-state index in [0.717, 1.165) is 48.2 Å². The summed E-state index contributed by atoms with van der Waals surface area (Å²) in [5.74, 6) is 1.09. The molecule has 0 spiro atoms. The van der Waals surface area contributed by atoms with E-state index in [-0.39, 0.29) is 47.9 Å². The summed E-state index contributed by atoms with van der Waals surface area (Å²) in [6.45, 7) is 15.8. The van der Waals surface area contributed by atoms with E-state index in [2.05, 4.69) is 57.1 Å². The highest BCUT2D eigenvalue weighted by Gasteiger charge is 2.57. The molecule has 3 saturated carbocycles. The van der Waals surface area contributed by atoms with Gasteiger partial charge in [-0.1, -0.05) is 59.7 Å². The molecular weight excluding hydrogens is 695 g/mol. The summed E-state index contributed by atoms with van der Waals surface area (Å²) in [5, 5.41) is 29.6. The highest BCUT2D eigenvalue weighted by Crippen LogP contribution is 2.61. The number of aliphatic hydroxyl groups excluding tert-OH is 2. The molecule has 3 aliphatic carbocycles. The normalized spacial score (nSPS) is 27.3. The van der Waals surface area contributed by atoms with Crippen LogP contribution in [0.5, 0.6) is 5.75 Å². The van der Waals surface area contributed by atoms with Gasteiger partial charge in [-0.3, -0.25) is 14.4 Å². The minimum Gasteiger partial charge on any atom is -0.496 e. The molecule has 2 amide bonds. The van der Waals surface area contributed by atoms with Crippen LogP contribution in [0.3, 0.4) is 0 Å². The first kappa shape index (κ1) is 42.9. The van der Waals surface area contributed by atoms with Crippen molar-refractivity contribution in [1.82, 2.24) is 20.6 Å². The van der Waals surface area contributed by atoms with Crippen molar-refractivity contribution < 1.29 is 29.4 Å². The number of ether oxygens (including phenoxy) is 1. The van der Waals surface area contributed by atoms with E-state index in [1.54, 1.807) is 19.1 Å². The third-order valence-corrected chi connectivity index (χ3v) is 12.9. The number of likely N-dealkylation sites (N-methyl/N-ethyl adjacent to an activating group) is 1. The smallest absolute Gasteiger partial charge is 0.251 e. The number of rotatable bonds is 15. The molecule has 11 nitrogen and oxygen atoms in total. The van der Waals surface area contributed by atoms with Gasteiger partial charge in [0.1, 0.15) is 17.9 Å². The van der Waals surface area contributed by atoms with Gasteiger partial charge in [0.2, 0.25) is 5.91 Å². The Balaban J connectivity index is 1.44. The number of benzene rings is 2. The van der Waals surface area contributed by atoms with Gasteiger partial charge < -0.3 is 35.4 Å². The van der Waals surface area contributed by atoms with Crippen molar-refractivity contribution in [1.29, 1.82) is 0 Å². The van der Waals surface area contributed by atoms with Gasteiger partial charge in [-0.25, -0.2) is 0 Å². The van der Waals surface area contributed by atoms with Crippen molar-refractivity contribution in [3.05, 3.63) is 47.5 Å². The van der Waals surface area contributed by atoms with Crippen molar-refractivity contribution in [2.45, 2.75) is 111 Å². The van der Waals surface area contributed by atoms with Crippen molar-refractivity contribution >= 4 is 17.5 Å². The van der Waals surface area contributed by atoms with Gasteiger partial charge in [-0.15, -0.1) is 0 Å². The van der Waals surface area contributed by atoms with Crippen LogP contribution in [0.15, 0.2) is 36.4 Å². The van der Waals surface area contributed by atoms with Crippen LogP contribution in [0, 0.1) is 34.5 Å². The van der Waals surface area contributed by atoms with Gasteiger partial charge in [0.05, 0.1) is 26.4 Å². The maximum absolute atomic E-state index is 14.3. The number of hydrogen-bond acceptors (Lipinski definition) is 9. The molecule has 1 aliphatic heterocycles. The summed E-state index contributed by atoms with van der Waals surface area (Å²) < 4.78 is 6.11. The quantitative estimate of drug-likeness (QED) is 0.184. The lowest BCUT2D eigenvalue weighted by molar-refractivity contribution is -0.183. The minimum absolute atomic E-state index is 0.0104. The Morgan fingerprint density at radius 2 is 1.82 bits per heavy atom. The van der Waals surface area contributed by atoms with Crippen LogP contribution in [0.4, 0.5) is 5.69 Å². The largest absolute Gasteiger partial charge is 0.496 e. The fourth-order valence-electron chi connectivity index (χ4n) is 9.51. The monoisotopic (exact) mass is 764 g/mol. The average molecular weight is 764 g/mol. The van der Waals surface area contributed by atoms with Gasteiger partial charge in [0, 0.05) is 61.0 Å². The maximum atomic E-state index is 14.3. The molecule has 1 heterocycles. The highest BCUT2D eigenvalue weighted by atomic mass is 16.7. The maximum Gasteiger partial charge on any atom is 0.251 e. The third-order valence-electron chi connectivity index (χ3n) is 12.9. The predicted molar refractivity (Wildman–Crippen MR) is 219 cm³/mol. The first-order chi connectivity index (χ1) is 25.7. The van der Waals surface area contributed by atoms with Crippen molar-refractivity contribution in [3.63, 3.8) is 0 Å². The summed E-state index contributed by atoms with van der Waals surface area (Å²) in [7, 11) is 9.58. The Bertz CT molecular complexity index is 1650. The molecule has 6 rings (SSSR count). The first-order valence-corrected chi connectivity index (χ1v) is 20.2. The molecule has 2 bridgehead atoms. The second-order valence-corrected chi connectivity index (χ2v) is 18.9. The lowest BCUT2D eigenvalue weighted by Crippen LogP contribution is -2.62. The number of hydrogen-bond donors (Lipinski definition) is 4. The molecule has 9 atom stereocenters. The summed E-state index contributed by atoms with van der Waals surface area (Å²) >= 11 is 0. The highest BCUT2D eigenvalue weighted by molar-refractivity contribution is 5.97. The van der Waals surface area contributed by atoms with Crippen molar-refractivity contribution in [2.24, 2.45) is 34.5 Å². The van der Waals surface area contributed by atoms with Crippen LogP contribution in [0.2, 0.25) is 0 Å².